The molecule has 1 amide bonds. The zero-order valence-electron chi connectivity index (χ0n) is 59.9. The van der Waals surface area contributed by atoms with Gasteiger partial charge in [0.1, 0.15) is 17.8 Å². The fourth-order valence-corrected chi connectivity index (χ4v) is 22.2. The standard InChI is InChI=1S/C23H37NO2.C21H36N2O3.C19H34N2O4S.C12H23NO2/c1-16(15-24-8-4-6-20-5-2-3-7-21(20)24)22(25)26-23-12-17-9-18(13-23)11-19(10-17)14-23;24-20-19(13-7-8-14-22-20)26-21(25)18(16-9-3-1-4-10-16)15-23-17-11-5-2-6-12-17;1-7-14(12(6)21(10(2)3)11(4)5)19(22)25-18-13-8-15-16(9-13)26(23,24)20-17(15)18;1-11(2,12(3,4)13)10(14)15-9-7-5-6-8-9/h16-21H,2-15H2,1H3;16-19,23H,1-15H2,(H,22,24);10-18,20H,7-9H2,1-6H3;9H,5-8,13H2,1-4H3. The van der Waals surface area contributed by atoms with Crippen molar-refractivity contribution in [3.8, 4) is 0 Å². The smallest absolute Gasteiger partial charge is 0.313 e. The SMILES string of the molecule is CC(C)(N)C(C)(C)C(=O)OC1CCCC1.CC(CN1CCCC2CCCCC21)C(=O)OC12CC3CC(CC(C3)C1)C2.CCC(C(=O)OC1C2CC3C1NS(=O)(=O)C3C2)C(C)N(C(C)C)C(C)C.O=C1NCCCCC1OC(=O)C(CNC1CCCCC1)C1CCCCC1. The molecule has 0 aromatic carbocycles. The van der Waals surface area contributed by atoms with Crippen LogP contribution in [-0.2, 0) is 52.9 Å². The lowest BCUT2D eigenvalue weighted by molar-refractivity contribution is -0.191. The number of fused-ring (bicyclic) bond motifs is 2. The Kier molecular flexibility index (Phi) is 26.3. The van der Waals surface area contributed by atoms with Crippen LogP contribution in [0.25, 0.3) is 0 Å². The van der Waals surface area contributed by atoms with E-state index >= 15 is 0 Å². The topological polar surface area (TPSA) is 225 Å². The Morgan fingerprint density at radius 2 is 1.26 bits per heavy atom. The van der Waals surface area contributed by atoms with Crippen LogP contribution in [-0.4, -0.2) is 145 Å². The first-order valence-electron chi connectivity index (χ1n) is 38.3. The van der Waals surface area contributed by atoms with Gasteiger partial charge in [0.15, 0.2) is 6.10 Å². The average Bonchev–Trinajstić information content (AvgIpc) is 1.59. The molecule has 0 aromatic rings. The number of nitrogens with zero attached hydrogens (tertiary/aromatic N) is 2. The number of nitrogens with two attached hydrogens (primary N) is 1. The van der Waals surface area contributed by atoms with Gasteiger partial charge in [-0.25, -0.2) is 13.1 Å². The largest absolute Gasteiger partial charge is 0.462 e. The summed E-state index contributed by atoms with van der Waals surface area (Å²) in [7, 11) is -3.23. The zero-order chi connectivity index (χ0) is 67.0. The van der Waals surface area contributed by atoms with E-state index in [4.69, 9.17) is 24.7 Å². The number of carbonyl (C=O) groups is 5. The summed E-state index contributed by atoms with van der Waals surface area (Å²) in [6.45, 7) is 25.8. The van der Waals surface area contributed by atoms with Crippen LogP contribution in [0.2, 0.25) is 0 Å². The van der Waals surface area contributed by atoms with Crippen LogP contribution in [0.4, 0.5) is 0 Å². The lowest BCUT2D eigenvalue weighted by Crippen LogP contribution is -2.54. The second-order valence-electron chi connectivity index (χ2n) is 33.7. The summed E-state index contributed by atoms with van der Waals surface area (Å²) in [5.74, 6) is 3.35. The number of piperidine rings is 1. The molecule has 5 N–H and O–H groups in total. The predicted octanol–water partition coefficient (Wildman–Crippen LogP) is 12.5. The van der Waals surface area contributed by atoms with Crippen molar-refractivity contribution in [2.75, 3.05) is 26.2 Å². The summed E-state index contributed by atoms with van der Waals surface area (Å²) in [5.41, 5.74) is 4.73. The molecule has 17 nitrogen and oxygen atoms in total. The van der Waals surface area contributed by atoms with Gasteiger partial charge in [-0.05, 0) is 264 Å². The Morgan fingerprint density at radius 1 is 0.677 bits per heavy atom. The molecule has 532 valence electrons. The van der Waals surface area contributed by atoms with Gasteiger partial charge in [0, 0.05) is 55.4 Å². The number of sulfonamides is 1. The maximum atomic E-state index is 13.0. The Morgan fingerprint density at radius 3 is 1.87 bits per heavy atom. The van der Waals surface area contributed by atoms with E-state index < -0.39 is 27.1 Å². The van der Waals surface area contributed by atoms with Crippen molar-refractivity contribution < 1.29 is 51.3 Å². The molecule has 93 heavy (non-hydrogen) atoms. The molecule has 10 aliphatic carbocycles. The van der Waals surface area contributed by atoms with E-state index in [1.807, 2.05) is 34.6 Å². The minimum atomic E-state index is -3.23. The normalized spacial score (nSPS) is 33.9. The lowest BCUT2D eigenvalue weighted by Gasteiger charge is -2.56. The molecule has 18 heteroatoms. The van der Waals surface area contributed by atoms with Crippen LogP contribution in [0.1, 0.15) is 282 Å². The van der Waals surface area contributed by atoms with Gasteiger partial charge in [0.25, 0.3) is 5.91 Å². The quantitative estimate of drug-likeness (QED) is 0.0657. The summed E-state index contributed by atoms with van der Waals surface area (Å²) in [5, 5.41) is 6.26. The fraction of sp³-hybridized carbons (Fsp3) is 0.933. The van der Waals surface area contributed by atoms with Crippen LogP contribution in [0.3, 0.4) is 0 Å². The van der Waals surface area contributed by atoms with Crippen LogP contribution in [0.5, 0.6) is 0 Å². The van der Waals surface area contributed by atoms with E-state index in [0.717, 1.165) is 107 Å². The molecule has 3 aliphatic heterocycles. The summed E-state index contributed by atoms with van der Waals surface area (Å²) in [4.78, 5) is 68.1. The molecule has 13 rings (SSSR count). The van der Waals surface area contributed by atoms with Gasteiger partial charge >= 0.3 is 23.9 Å². The van der Waals surface area contributed by atoms with Crippen LogP contribution in [0.15, 0.2) is 0 Å². The van der Waals surface area contributed by atoms with Crippen molar-refractivity contribution in [2.45, 2.75) is 353 Å². The summed E-state index contributed by atoms with van der Waals surface area (Å²) in [6.07, 6.45) is 36.6. The molecule has 13 fully saturated rings. The third-order valence-corrected chi connectivity index (χ3v) is 27.5. The van der Waals surface area contributed by atoms with E-state index in [1.165, 1.54) is 129 Å². The highest BCUT2D eigenvalue weighted by Crippen LogP contribution is 2.58. The average molecular weight is 1320 g/mol. The maximum absolute atomic E-state index is 13.0. The third kappa shape index (κ3) is 18.7. The van der Waals surface area contributed by atoms with Crippen molar-refractivity contribution in [3.05, 3.63) is 0 Å². The van der Waals surface area contributed by atoms with Gasteiger partial charge in [0.05, 0.1) is 34.5 Å². The predicted molar refractivity (Wildman–Crippen MR) is 366 cm³/mol. The van der Waals surface area contributed by atoms with Gasteiger partial charge in [0.2, 0.25) is 10.0 Å². The van der Waals surface area contributed by atoms with Crippen molar-refractivity contribution in [1.29, 1.82) is 0 Å². The molecule has 3 saturated heterocycles. The van der Waals surface area contributed by atoms with E-state index in [1.54, 1.807) is 0 Å². The number of nitrogens with one attached hydrogen (secondary N) is 3. The highest BCUT2D eigenvalue weighted by atomic mass is 32.2. The number of carbonyl (C=O) groups excluding carboxylic acids is 5. The fourth-order valence-electron chi connectivity index (χ4n) is 20.1. The van der Waals surface area contributed by atoms with Gasteiger partial charge < -0.3 is 35.3 Å². The van der Waals surface area contributed by atoms with E-state index in [9.17, 15) is 32.4 Å². The monoisotopic (exact) mass is 1320 g/mol. The number of rotatable bonds is 20. The minimum absolute atomic E-state index is 0.0312. The first kappa shape index (κ1) is 74.3. The highest BCUT2D eigenvalue weighted by molar-refractivity contribution is 7.90. The van der Waals surface area contributed by atoms with Crippen LogP contribution >= 0.6 is 0 Å². The number of ether oxygens (including phenoxy) is 4. The minimum Gasteiger partial charge on any atom is -0.462 e. The van der Waals surface area contributed by atoms with Crippen molar-refractivity contribution >= 4 is 39.8 Å². The van der Waals surface area contributed by atoms with E-state index in [2.05, 4.69) is 66.7 Å². The van der Waals surface area contributed by atoms with Gasteiger partial charge in [-0.3, -0.25) is 33.8 Å². The van der Waals surface area contributed by atoms with E-state index in [0.29, 0.717) is 50.0 Å². The van der Waals surface area contributed by atoms with Crippen molar-refractivity contribution in [3.63, 3.8) is 0 Å². The second-order valence-corrected chi connectivity index (χ2v) is 35.6. The first-order valence-corrected chi connectivity index (χ1v) is 39.9. The number of amides is 1. The number of hydrogen-bond donors (Lipinski definition) is 4. The molecule has 0 aromatic heterocycles. The Balaban J connectivity index is 0.000000149. The molecule has 3 heterocycles. The van der Waals surface area contributed by atoms with E-state index in [-0.39, 0.29) is 94.5 Å². The van der Waals surface area contributed by atoms with Crippen molar-refractivity contribution in [2.24, 2.45) is 70.3 Å². The maximum Gasteiger partial charge on any atom is 0.313 e. The molecular formula is C75H130N6O11S. The van der Waals surface area contributed by atoms with Gasteiger partial charge in [-0.1, -0.05) is 65.2 Å². The third-order valence-electron chi connectivity index (χ3n) is 25.6. The highest BCUT2D eigenvalue weighted by Gasteiger charge is 2.64. The Hall–Kier alpha value is -2.90. The first-order chi connectivity index (χ1) is 44.2. The Labute approximate surface area is 562 Å². The van der Waals surface area contributed by atoms with Crippen LogP contribution < -0.4 is 21.1 Å². The van der Waals surface area contributed by atoms with Gasteiger partial charge in [-0.15, -0.1) is 0 Å². The molecule has 0 radical (unpaired) electrons. The van der Waals surface area contributed by atoms with Crippen LogP contribution in [0, 0.1) is 64.6 Å². The molecule has 12 atom stereocenters. The summed E-state index contributed by atoms with van der Waals surface area (Å²) in [6, 6.07) is 1.84. The molecule has 10 saturated carbocycles. The number of hydrogen-bond acceptors (Lipinski definition) is 15. The molecule has 12 unspecified atom stereocenters. The zero-order valence-corrected chi connectivity index (χ0v) is 60.7. The number of esters is 4. The molecular weight excluding hydrogens is 1190 g/mol. The summed E-state index contributed by atoms with van der Waals surface area (Å²) < 4.78 is 50.7. The molecule has 13 aliphatic rings. The summed E-state index contributed by atoms with van der Waals surface area (Å²) >= 11 is 0. The van der Waals surface area contributed by atoms with Gasteiger partial charge in [-0.2, -0.15) is 0 Å². The number of likely N-dealkylation sites (tertiary alicyclic amines) is 1. The van der Waals surface area contributed by atoms with Crippen molar-refractivity contribution in [1.82, 2.24) is 25.2 Å². The molecule has 6 bridgehead atoms. The lowest BCUT2D eigenvalue weighted by atomic mass is 9.54. The Bertz CT molecular complexity index is 2510. The molecule has 0 spiro atoms. The second kappa shape index (κ2) is 32.8.